The first-order valence-corrected chi connectivity index (χ1v) is 34.0. The van der Waals surface area contributed by atoms with Crippen LogP contribution in [0, 0.1) is 0 Å². The van der Waals surface area contributed by atoms with Gasteiger partial charge in [0.05, 0.1) is 0 Å². The average Bonchev–Trinajstić information content (AvgIpc) is 3.48. The van der Waals surface area contributed by atoms with E-state index < -0.39 is 6.10 Å². The van der Waals surface area contributed by atoms with Crippen molar-refractivity contribution in [1.82, 2.24) is 0 Å². The zero-order chi connectivity index (χ0) is 59.9. The fourth-order valence-electron chi connectivity index (χ4n) is 8.96. The quantitative estimate of drug-likeness (QED) is 0.0261. The smallest absolute Gasteiger partial charge is 0.306 e. The zero-order valence-corrected chi connectivity index (χ0v) is 53.7. The molecule has 0 fully saturated rings. The Morgan fingerprint density at radius 2 is 0.470 bits per heavy atom. The van der Waals surface area contributed by atoms with E-state index >= 15 is 0 Å². The molecule has 0 aliphatic rings. The van der Waals surface area contributed by atoms with Gasteiger partial charge in [-0.2, -0.15) is 0 Å². The molecule has 83 heavy (non-hydrogen) atoms. The molecule has 0 spiro atoms. The first-order chi connectivity index (χ1) is 41.0. The monoisotopic (exact) mass is 1140 g/mol. The average molecular weight is 1150 g/mol. The van der Waals surface area contributed by atoms with Gasteiger partial charge >= 0.3 is 17.9 Å². The SMILES string of the molecule is CC/C=C\C/C=C\C/C=C\C/C=C\C/C=C\C/C=C\C/C=C\C/C=C\CCCCCCCCC(=O)OCC(COC(=O)CCCCCCC/C=C\CCCC)OC(=O)CCCCCCCCCCCC/C=C\C/C=C\C/C=C\C/C=C\CC. The summed E-state index contributed by atoms with van der Waals surface area (Å²) in [5, 5.41) is 0. The van der Waals surface area contributed by atoms with E-state index in [0.717, 1.165) is 161 Å². The van der Waals surface area contributed by atoms with Crippen molar-refractivity contribution in [2.45, 2.75) is 297 Å². The van der Waals surface area contributed by atoms with Gasteiger partial charge in [0.1, 0.15) is 13.2 Å². The van der Waals surface area contributed by atoms with Crippen molar-refractivity contribution < 1.29 is 28.6 Å². The van der Waals surface area contributed by atoms with E-state index in [0.29, 0.717) is 19.3 Å². The molecule has 0 radical (unpaired) electrons. The van der Waals surface area contributed by atoms with Gasteiger partial charge < -0.3 is 14.2 Å². The normalized spacial score (nSPS) is 13.1. The van der Waals surface area contributed by atoms with E-state index in [1.807, 2.05) is 0 Å². The van der Waals surface area contributed by atoms with Crippen molar-refractivity contribution in [3.63, 3.8) is 0 Å². The molecule has 0 rings (SSSR count). The maximum Gasteiger partial charge on any atom is 0.306 e. The van der Waals surface area contributed by atoms with Crippen LogP contribution >= 0.6 is 0 Å². The molecular weight excluding hydrogens is 1020 g/mol. The van der Waals surface area contributed by atoms with Gasteiger partial charge in [0.25, 0.3) is 0 Å². The van der Waals surface area contributed by atoms with Crippen molar-refractivity contribution in [2.75, 3.05) is 13.2 Å². The summed E-state index contributed by atoms with van der Waals surface area (Å²) < 4.78 is 16.9. The Bertz CT molecular complexity index is 1840. The number of hydrogen-bond donors (Lipinski definition) is 0. The van der Waals surface area contributed by atoms with Crippen LogP contribution in [0.4, 0.5) is 0 Å². The minimum Gasteiger partial charge on any atom is -0.462 e. The lowest BCUT2D eigenvalue weighted by Gasteiger charge is -2.18. The highest BCUT2D eigenvalue weighted by atomic mass is 16.6. The molecule has 468 valence electrons. The zero-order valence-electron chi connectivity index (χ0n) is 53.7. The van der Waals surface area contributed by atoms with Crippen molar-refractivity contribution in [3.8, 4) is 0 Å². The molecule has 0 heterocycles. The standard InChI is InChI=1S/C77H124O6/c1-4-7-10-13-16-19-22-24-26-28-30-32-34-35-36-37-38-39-40-41-43-44-46-48-50-52-55-58-61-64-67-70-76(79)82-73-74(72-81-75(78)69-66-63-60-57-54-21-18-15-12-9-6-3)83-77(80)71-68-65-62-59-56-53-51-49-47-45-42-33-31-29-27-25-23-20-17-14-11-8-5-2/h7-8,10-11,15-20,24-27,30-33,35-36,38-39,41,43,46,48,74H,4-6,9,12-14,21-23,28-29,34,37,40,42,44-45,47,49-73H2,1-3H3/b10-7-,11-8-,18-15-,19-16-,20-17-,26-24-,27-25-,32-30-,33-31-,36-35-,39-38-,43-41-,48-46-. The molecule has 0 N–H and O–H groups in total. The van der Waals surface area contributed by atoms with Gasteiger partial charge in [-0.15, -0.1) is 0 Å². The second-order valence-corrected chi connectivity index (χ2v) is 22.0. The van der Waals surface area contributed by atoms with Crippen LogP contribution in [-0.2, 0) is 28.6 Å². The molecule has 6 heteroatoms. The molecule has 0 aliphatic carbocycles. The highest BCUT2D eigenvalue weighted by molar-refractivity contribution is 5.71. The molecular formula is C77H124O6. The summed E-state index contributed by atoms with van der Waals surface area (Å²) in [5.74, 6) is -0.922. The first-order valence-electron chi connectivity index (χ1n) is 34.0. The minimum absolute atomic E-state index is 0.0936. The van der Waals surface area contributed by atoms with Crippen LogP contribution in [0.1, 0.15) is 290 Å². The summed E-state index contributed by atoms with van der Waals surface area (Å²) in [5.41, 5.74) is 0. The summed E-state index contributed by atoms with van der Waals surface area (Å²) in [4.78, 5) is 38.3. The lowest BCUT2D eigenvalue weighted by atomic mass is 10.0. The summed E-state index contributed by atoms with van der Waals surface area (Å²) in [7, 11) is 0. The van der Waals surface area contributed by atoms with E-state index in [4.69, 9.17) is 14.2 Å². The molecule has 0 bridgehead atoms. The molecule has 0 saturated heterocycles. The van der Waals surface area contributed by atoms with Gasteiger partial charge in [0.2, 0.25) is 0 Å². The van der Waals surface area contributed by atoms with Gasteiger partial charge in [-0.3, -0.25) is 14.4 Å². The van der Waals surface area contributed by atoms with E-state index in [-0.39, 0.29) is 31.1 Å². The number of carbonyl (C=O) groups excluding carboxylic acids is 3. The first kappa shape index (κ1) is 78.0. The number of allylic oxidation sites excluding steroid dienone is 26. The molecule has 1 atom stereocenters. The number of hydrogen-bond acceptors (Lipinski definition) is 6. The van der Waals surface area contributed by atoms with Crippen LogP contribution in [0.3, 0.4) is 0 Å². The number of esters is 3. The molecule has 0 saturated carbocycles. The van der Waals surface area contributed by atoms with E-state index in [1.165, 1.54) is 89.9 Å². The lowest BCUT2D eigenvalue weighted by Crippen LogP contribution is -2.30. The Labute approximate surface area is 511 Å². The maximum atomic E-state index is 12.9. The molecule has 0 amide bonds. The van der Waals surface area contributed by atoms with Crippen LogP contribution in [0.2, 0.25) is 0 Å². The second-order valence-electron chi connectivity index (χ2n) is 22.0. The largest absolute Gasteiger partial charge is 0.462 e. The predicted octanol–water partition coefficient (Wildman–Crippen LogP) is 23.7. The van der Waals surface area contributed by atoms with Crippen LogP contribution in [0.5, 0.6) is 0 Å². The van der Waals surface area contributed by atoms with E-state index in [9.17, 15) is 14.4 Å². The fraction of sp³-hybridized carbons (Fsp3) is 0.623. The lowest BCUT2D eigenvalue weighted by molar-refractivity contribution is -0.167. The van der Waals surface area contributed by atoms with Crippen LogP contribution in [0.25, 0.3) is 0 Å². The highest BCUT2D eigenvalue weighted by Crippen LogP contribution is 2.15. The number of carbonyl (C=O) groups is 3. The summed E-state index contributed by atoms with van der Waals surface area (Å²) >= 11 is 0. The fourth-order valence-corrected chi connectivity index (χ4v) is 8.96. The Balaban J connectivity index is 4.33. The van der Waals surface area contributed by atoms with E-state index in [1.54, 1.807) is 0 Å². The number of rotatable bonds is 60. The molecule has 1 unspecified atom stereocenters. The van der Waals surface area contributed by atoms with Gasteiger partial charge in [0, 0.05) is 19.3 Å². The van der Waals surface area contributed by atoms with Gasteiger partial charge in [-0.05, 0) is 141 Å². The van der Waals surface area contributed by atoms with Crippen molar-refractivity contribution in [1.29, 1.82) is 0 Å². The molecule has 6 nitrogen and oxygen atoms in total. The second kappa shape index (κ2) is 69.5. The van der Waals surface area contributed by atoms with Gasteiger partial charge in [-0.25, -0.2) is 0 Å². The molecule has 0 aromatic heterocycles. The number of unbranched alkanes of at least 4 members (excludes halogenated alkanes) is 23. The Hall–Kier alpha value is -4.97. The molecule has 0 aliphatic heterocycles. The van der Waals surface area contributed by atoms with Gasteiger partial charge in [0.15, 0.2) is 6.10 Å². The Kier molecular flexibility index (Phi) is 65.4. The number of ether oxygens (including phenoxy) is 3. The molecule has 0 aromatic carbocycles. The van der Waals surface area contributed by atoms with Crippen LogP contribution in [0.15, 0.2) is 158 Å². The van der Waals surface area contributed by atoms with E-state index in [2.05, 4.69) is 179 Å². The summed E-state index contributed by atoms with van der Waals surface area (Å²) in [6, 6.07) is 0. The third-order valence-corrected chi connectivity index (χ3v) is 14.0. The summed E-state index contributed by atoms with van der Waals surface area (Å²) in [6.45, 7) is 6.36. The highest BCUT2D eigenvalue weighted by Gasteiger charge is 2.19. The third-order valence-electron chi connectivity index (χ3n) is 14.0. The minimum atomic E-state index is -0.798. The van der Waals surface area contributed by atoms with Crippen molar-refractivity contribution in [2.24, 2.45) is 0 Å². The van der Waals surface area contributed by atoms with Gasteiger partial charge in [-0.1, -0.05) is 288 Å². The Morgan fingerprint density at radius 3 is 0.747 bits per heavy atom. The predicted molar refractivity (Wildman–Crippen MR) is 362 cm³/mol. The van der Waals surface area contributed by atoms with Crippen molar-refractivity contribution >= 4 is 17.9 Å². The maximum absolute atomic E-state index is 12.9. The summed E-state index contributed by atoms with van der Waals surface area (Å²) in [6.07, 6.45) is 101. The third kappa shape index (κ3) is 67.7. The van der Waals surface area contributed by atoms with Crippen LogP contribution < -0.4 is 0 Å². The van der Waals surface area contributed by atoms with Crippen molar-refractivity contribution in [3.05, 3.63) is 158 Å². The Morgan fingerprint density at radius 1 is 0.253 bits per heavy atom. The topological polar surface area (TPSA) is 78.9 Å². The molecule has 0 aromatic rings. The van der Waals surface area contributed by atoms with Crippen LogP contribution in [-0.4, -0.2) is 37.2 Å².